The monoisotopic (exact) mass is 282 g/mol. The van der Waals surface area contributed by atoms with Crippen molar-refractivity contribution in [1.29, 1.82) is 5.26 Å². The minimum atomic E-state index is 0.389. The van der Waals surface area contributed by atoms with Crippen LogP contribution in [0.3, 0.4) is 0 Å². The molecule has 1 aromatic heterocycles. The van der Waals surface area contributed by atoms with Gasteiger partial charge in [-0.05, 0) is 18.1 Å². The van der Waals surface area contributed by atoms with Gasteiger partial charge in [0.2, 0.25) is 0 Å². The molecule has 0 aliphatic carbocycles. The van der Waals surface area contributed by atoms with Gasteiger partial charge in [-0.25, -0.2) is 0 Å². The van der Waals surface area contributed by atoms with Crippen LogP contribution in [0.25, 0.3) is 0 Å². The van der Waals surface area contributed by atoms with Gasteiger partial charge in [0.05, 0.1) is 14.2 Å². The minimum absolute atomic E-state index is 0.389. The average molecular weight is 282 g/mol. The van der Waals surface area contributed by atoms with E-state index in [9.17, 15) is 0 Å². The van der Waals surface area contributed by atoms with Gasteiger partial charge >= 0.3 is 0 Å². The highest BCUT2D eigenvalue weighted by Gasteiger charge is 2.09. The first-order chi connectivity index (χ1) is 10.2. The first-order valence-corrected chi connectivity index (χ1v) is 6.13. The Morgan fingerprint density at radius 1 is 1.14 bits per heavy atom. The number of nitriles is 1. The van der Waals surface area contributed by atoms with Crippen molar-refractivity contribution in [2.45, 2.75) is 0 Å². The van der Waals surface area contributed by atoms with E-state index in [2.05, 4.69) is 33.4 Å². The Labute approximate surface area is 122 Å². The summed E-state index contributed by atoms with van der Waals surface area (Å²) in [6.07, 6.45) is 0. The number of aromatic nitrogens is 2. The number of anilines is 1. The molecule has 0 radical (unpaired) electrons. The number of nitrogens with zero attached hydrogens (tertiary/aromatic N) is 2. The van der Waals surface area contributed by atoms with E-state index in [1.54, 1.807) is 39.5 Å². The Hall–Kier alpha value is -3.12. The Balaban J connectivity index is 2.40. The number of aromatic amines is 1. The summed E-state index contributed by atoms with van der Waals surface area (Å²) < 4.78 is 10.4. The summed E-state index contributed by atoms with van der Waals surface area (Å²) in [6.45, 7) is 0. The molecule has 6 heteroatoms. The lowest BCUT2D eigenvalue weighted by Crippen LogP contribution is -1.90. The number of hydrogen-bond acceptors (Lipinski definition) is 5. The van der Waals surface area contributed by atoms with Gasteiger partial charge < -0.3 is 14.8 Å². The number of hydrogen-bond donors (Lipinski definition) is 2. The summed E-state index contributed by atoms with van der Waals surface area (Å²) in [5.41, 5.74) is 1.49. The van der Waals surface area contributed by atoms with Gasteiger partial charge in [-0.1, -0.05) is 5.92 Å². The zero-order chi connectivity index (χ0) is 15.2. The standard InChI is InChI=1S/C15H14N4O2/c1-17-15-13(9-16)14(18-19-15)5-4-10-6-11(20-2)8-12(7-10)21-3/h6-8H,1-3H3,(H2,17,18,19). The van der Waals surface area contributed by atoms with Crippen LogP contribution < -0.4 is 14.8 Å². The summed E-state index contributed by atoms with van der Waals surface area (Å²) in [7, 11) is 4.86. The first-order valence-electron chi connectivity index (χ1n) is 6.13. The Morgan fingerprint density at radius 3 is 2.33 bits per heavy atom. The van der Waals surface area contributed by atoms with Crippen molar-refractivity contribution in [2.24, 2.45) is 0 Å². The topological polar surface area (TPSA) is 83.0 Å². The van der Waals surface area contributed by atoms with Gasteiger partial charge in [-0.2, -0.15) is 10.4 Å². The van der Waals surface area contributed by atoms with E-state index >= 15 is 0 Å². The van der Waals surface area contributed by atoms with Gasteiger partial charge in [-0.3, -0.25) is 5.10 Å². The Kier molecular flexibility index (Phi) is 4.33. The van der Waals surface area contributed by atoms with E-state index < -0.39 is 0 Å². The van der Waals surface area contributed by atoms with E-state index in [0.29, 0.717) is 34.1 Å². The third-order valence-corrected chi connectivity index (χ3v) is 2.80. The molecule has 0 atom stereocenters. The number of nitrogens with one attached hydrogen (secondary N) is 2. The number of rotatable bonds is 3. The Morgan fingerprint density at radius 2 is 1.81 bits per heavy atom. The maximum Gasteiger partial charge on any atom is 0.155 e. The second kappa shape index (κ2) is 6.36. The van der Waals surface area contributed by atoms with E-state index in [1.165, 1.54) is 0 Å². The third kappa shape index (κ3) is 3.07. The largest absolute Gasteiger partial charge is 0.497 e. The number of benzene rings is 1. The van der Waals surface area contributed by atoms with Gasteiger partial charge in [0, 0.05) is 18.7 Å². The highest BCUT2D eigenvalue weighted by molar-refractivity contribution is 5.59. The second-order valence-electron chi connectivity index (χ2n) is 4.04. The molecule has 0 fully saturated rings. The molecular formula is C15H14N4O2. The van der Waals surface area contributed by atoms with Crippen LogP contribution in [0.4, 0.5) is 5.82 Å². The molecule has 0 aliphatic rings. The highest BCUT2D eigenvalue weighted by Crippen LogP contribution is 2.22. The van der Waals surface area contributed by atoms with Crippen LogP contribution >= 0.6 is 0 Å². The van der Waals surface area contributed by atoms with Gasteiger partial charge in [0.25, 0.3) is 0 Å². The van der Waals surface area contributed by atoms with Gasteiger partial charge in [-0.15, -0.1) is 0 Å². The number of H-pyrrole nitrogens is 1. The van der Waals surface area contributed by atoms with Crippen LogP contribution in [0.2, 0.25) is 0 Å². The quantitative estimate of drug-likeness (QED) is 0.838. The number of methoxy groups -OCH3 is 2. The molecule has 0 saturated heterocycles. The summed E-state index contributed by atoms with van der Waals surface area (Å²) in [5, 5.41) is 18.7. The van der Waals surface area contributed by atoms with Crippen molar-refractivity contribution < 1.29 is 9.47 Å². The zero-order valence-corrected chi connectivity index (χ0v) is 11.9. The van der Waals surface area contributed by atoms with E-state index in [0.717, 1.165) is 0 Å². The Bertz CT molecular complexity index is 725. The minimum Gasteiger partial charge on any atom is -0.497 e. The maximum atomic E-state index is 9.12. The molecule has 106 valence electrons. The molecular weight excluding hydrogens is 268 g/mol. The second-order valence-corrected chi connectivity index (χ2v) is 4.04. The SMILES string of the molecule is CNc1[nH]nc(C#Cc2cc(OC)cc(OC)c2)c1C#N. The summed E-state index contributed by atoms with van der Waals surface area (Å²) in [6, 6.07) is 7.40. The first kappa shape index (κ1) is 14.3. The molecule has 0 aliphatic heterocycles. The predicted octanol–water partition coefficient (Wildman–Crippen LogP) is 1.74. The van der Waals surface area contributed by atoms with Crippen molar-refractivity contribution in [2.75, 3.05) is 26.6 Å². The summed E-state index contributed by atoms with van der Waals surface area (Å²) >= 11 is 0. The van der Waals surface area contributed by atoms with Crippen molar-refractivity contribution in [3.63, 3.8) is 0 Å². The van der Waals surface area contributed by atoms with Crippen LogP contribution in [-0.2, 0) is 0 Å². The van der Waals surface area contributed by atoms with E-state index in [4.69, 9.17) is 14.7 Å². The molecule has 2 rings (SSSR count). The molecule has 6 nitrogen and oxygen atoms in total. The van der Waals surface area contributed by atoms with Gasteiger partial charge in [0.1, 0.15) is 28.9 Å². The molecule has 1 aromatic carbocycles. The van der Waals surface area contributed by atoms with Crippen LogP contribution in [0.5, 0.6) is 11.5 Å². The fourth-order valence-corrected chi connectivity index (χ4v) is 1.73. The molecule has 21 heavy (non-hydrogen) atoms. The summed E-state index contributed by atoms with van der Waals surface area (Å²) in [5.74, 6) is 7.67. The molecule has 2 N–H and O–H groups in total. The number of ether oxygens (including phenoxy) is 2. The van der Waals surface area contributed by atoms with Crippen molar-refractivity contribution in [3.8, 4) is 29.4 Å². The average Bonchev–Trinajstić information content (AvgIpc) is 2.94. The maximum absolute atomic E-state index is 9.12. The van der Waals surface area contributed by atoms with E-state index in [-0.39, 0.29) is 0 Å². The molecule has 0 amide bonds. The van der Waals surface area contributed by atoms with Crippen molar-refractivity contribution >= 4 is 5.82 Å². The fourth-order valence-electron chi connectivity index (χ4n) is 1.73. The van der Waals surface area contributed by atoms with E-state index in [1.807, 2.05) is 0 Å². The normalized spacial score (nSPS) is 9.24. The molecule has 1 heterocycles. The molecule has 0 spiro atoms. The lowest BCUT2D eigenvalue weighted by molar-refractivity contribution is 0.394. The molecule has 2 aromatic rings. The molecule has 0 bridgehead atoms. The predicted molar refractivity (Wildman–Crippen MR) is 78.4 cm³/mol. The smallest absolute Gasteiger partial charge is 0.155 e. The zero-order valence-electron chi connectivity index (χ0n) is 11.9. The molecule has 0 unspecified atom stereocenters. The van der Waals surface area contributed by atoms with Gasteiger partial charge in [0.15, 0.2) is 5.69 Å². The van der Waals surface area contributed by atoms with Crippen LogP contribution in [-0.4, -0.2) is 31.5 Å². The molecule has 0 saturated carbocycles. The van der Waals surface area contributed by atoms with Crippen molar-refractivity contribution in [1.82, 2.24) is 10.2 Å². The third-order valence-electron chi connectivity index (χ3n) is 2.80. The van der Waals surface area contributed by atoms with Crippen LogP contribution in [0, 0.1) is 23.2 Å². The fraction of sp³-hybridized carbons (Fsp3) is 0.200. The lowest BCUT2D eigenvalue weighted by Gasteiger charge is -2.04. The highest BCUT2D eigenvalue weighted by atomic mass is 16.5. The van der Waals surface area contributed by atoms with Crippen LogP contribution in [0.1, 0.15) is 16.8 Å². The van der Waals surface area contributed by atoms with Crippen LogP contribution in [0.15, 0.2) is 18.2 Å². The lowest BCUT2D eigenvalue weighted by atomic mass is 10.2. The van der Waals surface area contributed by atoms with Crippen molar-refractivity contribution in [3.05, 3.63) is 35.0 Å². The summed E-state index contributed by atoms with van der Waals surface area (Å²) in [4.78, 5) is 0.